The molecule has 0 saturated heterocycles. The molecule has 0 aliphatic carbocycles. The molecule has 1 aromatic carbocycles. The molecule has 4 heteroatoms. The van der Waals surface area contributed by atoms with Crippen LogP contribution in [0.2, 0.25) is 0 Å². The highest BCUT2D eigenvalue weighted by molar-refractivity contribution is 7.99. The molecule has 0 amide bonds. The molecule has 0 bridgehead atoms. The topological polar surface area (TPSA) is 46.5 Å². The normalized spacial score (nSPS) is 10.1. The van der Waals surface area contributed by atoms with Gasteiger partial charge in [-0.15, -0.1) is 11.8 Å². The van der Waals surface area contributed by atoms with Gasteiger partial charge in [0, 0.05) is 10.6 Å². The molecule has 0 unspecified atom stereocenters. The van der Waals surface area contributed by atoms with E-state index in [1.165, 1.54) is 18.7 Å². The van der Waals surface area contributed by atoms with Crippen molar-refractivity contribution in [2.75, 3.05) is 19.5 Å². The molecule has 1 aromatic rings. The monoisotopic (exact) mass is 226 g/mol. The average molecular weight is 226 g/mol. The summed E-state index contributed by atoms with van der Waals surface area (Å²) in [4.78, 5) is 12.3. The Kier molecular flexibility index (Phi) is 4.65. The molecule has 1 N–H and O–H groups in total. The van der Waals surface area contributed by atoms with E-state index in [2.05, 4.69) is 0 Å². The van der Waals surface area contributed by atoms with Gasteiger partial charge in [0.15, 0.2) is 5.78 Å². The van der Waals surface area contributed by atoms with E-state index in [9.17, 15) is 4.79 Å². The molecule has 0 saturated carbocycles. The van der Waals surface area contributed by atoms with Crippen LogP contribution in [0.25, 0.3) is 0 Å². The van der Waals surface area contributed by atoms with Crippen molar-refractivity contribution >= 4 is 17.5 Å². The maximum Gasteiger partial charge on any atom is 0.164 e. The van der Waals surface area contributed by atoms with Crippen LogP contribution in [0.3, 0.4) is 0 Å². The third kappa shape index (κ3) is 2.97. The summed E-state index contributed by atoms with van der Waals surface area (Å²) in [7, 11) is 1.54. The summed E-state index contributed by atoms with van der Waals surface area (Å²) in [5.41, 5.74) is 0.596. The van der Waals surface area contributed by atoms with Crippen molar-refractivity contribution in [2.45, 2.75) is 11.8 Å². The number of methoxy groups -OCH3 is 1. The zero-order chi connectivity index (χ0) is 11.3. The van der Waals surface area contributed by atoms with Gasteiger partial charge in [-0.3, -0.25) is 4.79 Å². The van der Waals surface area contributed by atoms with Crippen LogP contribution in [0.1, 0.15) is 17.3 Å². The predicted molar refractivity (Wildman–Crippen MR) is 60.8 cm³/mol. The maximum atomic E-state index is 11.5. The van der Waals surface area contributed by atoms with E-state index in [-0.39, 0.29) is 12.4 Å². The van der Waals surface area contributed by atoms with Crippen molar-refractivity contribution in [3.63, 3.8) is 0 Å². The molecule has 0 fully saturated rings. The summed E-state index contributed by atoms with van der Waals surface area (Å²) < 4.78 is 5.13. The minimum absolute atomic E-state index is 0.0205. The van der Waals surface area contributed by atoms with Crippen LogP contribution in [-0.2, 0) is 0 Å². The van der Waals surface area contributed by atoms with E-state index in [1.54, 1.807) is 13.2 Å². The second-order valence-corrected chi connectivity index (χ2v) is 4.10. The number of ether oxygens (including phenoxy) is 1. The smallest absolute Gasteiger partial charge is 0.164 e. The molecule has 0 aliphatic heterocycles. The van der Waals surface area contributed by atoms with Crippen LogP contribution < -0.4 is 4.74 Å². The lowest BCUT2D eigenvalue weighted by atomic mass is 10.1. The Morgan fingerprint density at radius 1 is 1.53 bits per heavy atom. The Labute approximate surface area is 93.4 Å². The molecular weight excluding hydrogens is 212 g/mol. The largest absolute Gasteiger partial charge is 0.496 e. The fourth-order valence-corrected chi connectivity index (χ4v) is 2.18. The Hall–Kier alpha value is -1.00. The molecule has 0 spiro atoms. The highest BCUT2D eigenvalue weighted by Gasteiger charge is 2.13. The predicted octanol–water partition coefficient (Wildman–Crippen LogP) is 1.98. The zero-order valence-electron chi connectivity index (χ0n) is 8.82. The molecule has 1 rings (SSSR count). The van der Waals surface area contributed by atoms with Crippen molar-refractivity contribution in [2.24, 2.45) is 0 Å². The van der Waals surface area contributed by atoms with E-state index < -0.39 is 0 Å². The summed E-state index contributed by atoms with van der Waals surface area (Å²) in [6.45, 7) is 1.61. The lowest BCUT2D eigenvalue weighted by molar-refractivity contribution is 0.101. The van der Waals surface area contributed by atoms with Crippen molar-refractivity contribution in [1.29, 1.82) is 0 Å². The Morgan fingerprint density at radius 2 is 2.27 bits per heavy atom. The zero-order valence-corrected chi connectivity index (χ0v) is 9.63. The van der Waals surface area contributed by atoms with Gasteiger partial charge in [0.25, 0.3) is 0 Å². The van der Waals surface area contributed by atoms with Gasteiger partial charge in [-0.1, -0.05) is 6.07 Å². The molecule has 0 aromatic heterocycles. The van der Waals surface area contributed by atoms with Gasteiger partial charge >= 0.3 is 0 Å². The van der Waals surface area contributed by atoms with E-state index in [0.29, 0.717) is 17.1 Å². The van der Waals surface area contributed by atoms with Crippen LogP contribution >= 0.6 is 11.8 Å². The molecule has 0 atom stereocenters. The number of Topliss-reactive ketones (excluding diaryl/α,β-unsaturated/α-hetero) is 1. The lowest BCUT2D eigenvalue weighted by Crippen LogP contribution is -2.00. The summed E-state index contributed by atoms with van der Waals surface area (Å²) in [6, 6.07) is 5.46. The third-order valence-corrected chi connectivity index (χ3v) is 2.95. The number of aliphatic hydroxyl groups excluding tert-OH is 1. The number of hydrogen-bond acceptors (Lipinski definition) is 4. The fraction of sp³-hybridized carbons (Fsp3) is 0.364. The summed E-state index contributed by atoms with van der Waals surface area (Å²) in [5.74, 6) is 1.14. The summed E-state index contributed by atoms with van der Waals surface area (Å²) in [6.07, 6.45) is 0. The average Bonchev–Trinajstić information content (AvgIpc) is 2.25. The minimum Gasteiger partial charge on any atom is -0.496 e. The number of benzene rings is 1. The second kappa shape index (κ2) is 5.78. The van der Waals surface area contributed by atoms with Gasteiger partial charge in [-0.25, -0.2) is 0 Å². The van der Waals surface area contributed by atoms with Crippen molar-refractivity contribution in [3.8, 4) is 5.75 Å². The third-order valence-electron chi connectivity index (χ3n) is 1.91. The first-order valence-electron chi connectivity index (χ1n) is 4.62. The van der Waals surface area contributed by atoms with Gasteiger partial charge < -0.3 is 9.84 Å². The summed E-state index contributed by atoms with van der Waals surface area (Å²) in [5, 5.41) is 8.75. The van der Waals surface area contributed by atoms with E-state index in [0.717, 1.165) is 4.90 Å². The molecule has 3 nitrogen and oxygen atoms in total. The van der Waals surface area contributed by atoms with E-state index in [1.807, 2.05) is 12.1 Å². The number of hydrogen-bond donors (Lipinski definition) is 1. The van der Waals surface area contributed by atoms with Crippen molar-refractivity contribution in [1.82, 2.24) is 0 Å². The van der Waals surface area contributed by atoms with Crippen molar-refractivity contribution in [3.05, 3.63) is 23.8 Å². The summed E-state index contributed by atoms with van der Waals surface area (Å²) >= 11 is 1.45. The van der Waals surface area contributed by atoms with Gasteiger partial charge in [0.1, 0.15) is 5.75 Å². The van der Waals surface area contributed by atoms with Gasteiger partial charge in [0.05, 0.1) is 19.3 Å². The molecule has 0 radical (unpaired) electrons. The number of thioether (sulfide) groups is 1. The SMILES string of the molecule is COc1cccc(SCCO)c1C(C)=O. The first-order valence-corrected chi connectivity index (χ1v) is 5.61. The number of carbonyl (C=O) groups excluding carboxylic acids is 1. The van der Waals surface area contributed by atoms with Crippen LogP contribution in [-0.4, -0.2) is 30.4 Å². The van der Waals surface area contributed by atoms with Gasteiger partial charge in [-0.05, 0) is 19.1 Å². The number of ketones is 1. The molecule has 15 heavy (non-hydrogen) atoms. The van der Waals surface area contributed by atoms with Crippen LogP contribution in [0.15, 0.2) is 23.1 Å². The number of rotatable bonds is 5. The van der Waals surface area contributed by atoms with Gasteiger partial charge in [0.2, 0.25) is 0 Å². The quantitative estimate of drug-likeness (QED) is 0.616. The maximum absolute atomic E-state index is 11.5. The molecule has 82 valence electrons. The molecular formula is C11H14O3S. The van der Waals surface area contributed by atoms with Crippen LogP contribution in [0, 0.1) is 0 Å². The lowest BCUT2D eigenvalue weighted by Gasteiger charge is -2.10. The number of aliphatic hydroxyl groups is 1. The minimum atomic E-state index is -0.0205. The fourth-order valence-electron chi connectivity index (χ4n) is 1.30. The first kappa shape index (κ1) is 12.1. The van der Waals surface area contributed by atoms with E-state index in [4.69, 9.17) is 9.84 Å². The standard InChI is InChI=1S/C11H14O3S/c1-8(13)11-9(14-2)4-3-5-10(11)15-7-6-12/h3-5,12H,6-7H2,1-2H3. The van der Waals surface area contributed by atoms with Crippen molar-refractivity contribution < 1.29 is 14.6 Å². The highest BCUT2D eigenvalue weighted by atomic mass is 32.2. The molecule has 0 aliphatic rings. The Balaban J connectivity index is 3.07. The second-order valence-electron chi connectivity index (χ2n) is 2.96. The first-order chi connectivity index (χ1) is 7.20. The highest BCUT2D eigenvalue weighted by Crippen LogP contribution is 2.30. The molecule has 0 heterocycles. The van der Waals surface area contributed by atoms with Crippen LogP contribution in [0.5, 0.6) is 5.75 Å². The van der Waals surface area contributed by atoms with E-state index >= 15 is 0 Å². The Bertz CT molecular complexity index is 350. The number of carbonyl (C=O) groups is 1. The van der Waals surface area contributed by atoms with Gasteiger partial charge in [-0.2, -0.15) is 0 Å². The Morgan fingerprint density at radius 3 is 2.80 bits per heavy atom. The van der Waals surface area contributed by atoms with Crippen LogP contribution in [0.4, 0.5) is 0 Å².